The Morgan fingerprint density at radius 2 is 2.08 bits per heavy atom. The van der Waals surface area contributed by atoms with Crippen molar-refractivity contribution in [3.63, 3.8) is 0 Å². The molecule has 7 heteroatoms. The van der Waals surface area contributed by atoms with Crippen molar-refractivity contribution in [3.05, 3.63) is 41.5 Å². The normalized spacial score (nSPS) is 17.3. The first kappa shape index (κ1) is 17.4. The Bertz CT molecular complexity index is 726. The third kappa shape index (κ3) is 3.99. The van der Waals surface area contributed by atoms with Crippen LogP contribution in [0.5, 0.6) is 5.75 Å². The van der Waals surface area contributed by atoms with Gasteiger partial charge in [-0.1, -0.05) is 25.5 Å². The van der Waals surface area contributed by atoms with Gasteiger partial charge in [0, 0.05) is 6.54 Å². The summed E-state index contributed by atoms with van der Waals surface area (Å²) in [4.78, 5) is 13.6. The number of rotatable bonds is 7. The van der Waals surface area contributed by atoms with E-state index in [4.69, 9.17) is 4.74 Å². The fraction of sp³-hybridized carbons (Fsp3) is 0.500. The van der Waals surface area contributed by atoms with Gasteiger partial charge in [0.15, 0.2) is 0 Å². The van der Waals surface area contributed by atoms with Crippen LogP contribution in [0.2, 0.25) is 0 Å². The van der Waals surface area contributed by atoms with Crippen LogP contribution < -0.4 is 4.74 Å². The van der Waals surface area contributed by atoms with Gasteiger partial charge in [-0.2, -0.15) is 0 Å². The molecule has 0 fully saturated rings. The number of carbonyl (C=O) groups is 1. The lowest BCUT2D eigenvalue weighted by Crippen LogP contribution is -2.47. The Kier molecular flexibility index (Phi) is 5.33. The van der Waals surface area contributed by atoms with Crippen LogP contribution in [0.1, 0.15) is 37.0 Å². The fourth-order valence-electron chi connectivity index (χ4n) is 3.02. The SMILES string of the molecule is CCCCOc1ccc(CN2Cc3nnc(C)n3CC2C(=O)O)cc1. The number of aliphatic carboxylic acids is 1. The van der Waals surface area contributed by atoms with Crippen LogP contribution in [0.25, 0.3) is 0 Å². The van der Waals surface area contributed by atoms with Gasteiger partial charge in [-0.25, -0.2) is 0 Å². The molecule has 1 aromatic heterocycles. The van der Waals surface area contributed by atoms with Crippen molar-refractivity contribution in [1.82, 2.24) is 19.7 Å². The molecule has 7 nitrogen and oxygen atoms in total. The topological polar surface area (TPSA) is 80.5 Å². The first-order valence-corrected chi connectivity index (χ1v) is 8.65. The number of hydrogen-bond acceptors (Lipinski definition) is 5. The number of hydrogen-bond donors (Lipinski definition) is 1. The molecule has 1 aliphatic rings. The first-order valence-electron chi connectivity index (χ1n) is 8.65. The first-order chi connectivity index (χ1) is 12.1. The highest BCUT2D eigenvalue weighted by Gasteiger charge is 2.33. The predicted molar refractivity (Wildman–Crippen MR) is 92.3 cm³/mol. The number of ether oxygens (including phenoxy) is 1. The highest BCUT2D eigenvalue weighted by atomic mass is 16.5. The highest BCUT2D eigenvalue weighted by Crippen LogP contribution is 2.21. The lowest BCUT2D eigenvalue weighted by molar-refractivity contribution is -0.145. The molecular weight excluding hydrogens is 320 g/mol. The third-order valence-corrected chi connectivity index (χ3v) is 4.51. The Morgan fingerprint density at radius 3 is 2.76 bits per heavy atom. The second-order valence-corrected chi connectivity index (χ2v) is 6.38. The van der Waals surface area contributed by atoms with Crippen molar-refractivity contribution < 1.29 is 14.6 Å². The van der Waals surface area contributed by atoms with Crippen LogP contribution in [-0.4, -0.2) is 43.4 Å². The molecule has 0 saturated carbocycles. The van der Waals surface area contributed by atoms with E-state index in [1.807, 2.05) is 40.7 Å². The number of aryl methyl sites for hydroxylation is 1. The van der Waals surface area contributed by atoms with Gasteiger partial charge in [-0.05, 0) is 31.0 Å². The van der Waals surface area contributed by atoms with Gasteiger partial charge in [0.05, 0.1) is 19.7 Å². The average molecular weight is 344 g/mol. The Labute approximate surface area is 147 Å². The maximum atomic E-state index is 11.7. The summed E-state index contributed by atoms with van der Waals surface area (Å²) in [7, 11) is 0. The van der Waals surface area contributed by atoms with E-state index in [-0.39, 0.29) is 0 Å². The zero-order chi connectivity index (χ0) is 17.8. The Balaban J connectivity index is 1.69. The van der Waals surface area contributed by atoms with Gasteiger partial charge in [0.2, 0.25) is 0 Å². The summed E-state index contributed by atoms with van der Waals surface area (Å²) in [6.45, 7) is 6.11. The second kappa shape index (κ2) is 7.65. The lowest BCUT2D eigenvalue weighted by Gasteiger charge is -2.33. The van der Waals surface area contributed by atoms with Crippen LogP contribution in [0.3, 0.4) is 0 Å². The molecule has 0 bridgehead atoms. The molecule has 1 unspecified atom stereocenters. The van der Waals surface area contributed by atoms with Crippen LogP contribution in [0.4, 0.5) is 0 Å². The minimum Gasteiger partial charge on any atom is -0.494 e. The molecule has 0 saturated heterocycles. The van der Waals surface area contributed by atoms with Crippen molar-refractivity contribution in [1.29, 1.82) is 0 Å². The minimum atomic E-state index is -0.821. The number of carboxylic acid groups (broad SMARTS) is 1. The molecule has 0 radical (unpaired) electrons. The number of unbranched alkanes of at least 4 members (excludes halogenated alkanes) is 1. The van der Waals surface area contributed by atoms with Gasteiger partial charge in [0.1, 0.15) is 23.4 Å². The second-order valence-electron chi connectivity index (χ2n) is 6.38. The molecule has 134 valence electrons. The van der Waals surface area contributed by atoms with E-state index in [2.05, 4.69) is 17.1 Å². The van der Waals surface area contributed by atoms with E-state index < -0.39 is 12.0 Å². The monoisotopic (exact) mass is 344 g/mol. The van der Waals surface area contributed by atoms with Gasteiger partial charge in [-0.3, -0.25) is 9.69 Å². The maximum Gasteiger partial charge on any atom is 0.322 e. The van der Waals surface area contributed by atoms with Crippen molar-refractivity contribution in [2.24, 2.45) is 0 Å². The third-order valence-electron chi connectivity index (χ3n) is 4.51. The molecule has 1 atom stereocenters. The standard InChI is InChI=1S/C18H24N4O3/c1-3-4-9-25-15-7-5-14(6-8-15)10-21-12-17-20-19-13(2)22(17)11-16(21)18(23)24/h5-8,16H,3-4,9-12H2,1-2H3,(H,23,24). The molecule has 2 aromatic rings. The van der Waals surface area contributed by atoms with Crippen LogP contribution >= 0.6 is 0 Å². The van der Waals surface area contributed by atoms with Gasteiger partial charge in [-0.15, -0.1) is 10.2 Å². The molecule has 0 amide bonds. The molecule has 2 heterocycles. The summed E-state index contributed by atoms with van der Waals surface area (Å²) < 4.78 is 7.56. The molecule has 3 rings (SSSR count). The molecule has 1 N–H and O–H groups in total. The lowest BCUT2D eigenvalue weighted by atomic mass is 10.1. The summed E-state index contributed by atoms with van der Waals surface area (Å²) in [5.41, 5.74) is 1.05. The molecule has 0 spiro atoms. The van der Waals surface area contributed by atoms with E-state index in [1.165, 1.54) is 0 Å². The molecule has 1 aliphatic heterocycles. The van der Waals surface area contributed by atoms with E-state index in [0.717, 1.165) is 42.4 Å². The van der Waals surface area contributed by atoms with Crippen molar-refractivity contribution in [2.75, 3.05) is 6.61 Å². The van der Waals surface area contributed by atoms with Crippen LogP contribution in [0.15, 0.2) is 24.3 Å². The van der Waals surface area contributed by atoms with Gasteiger partial charge in [0.25, 0.3) is 0 Å². The number of fused-ring (bicyclic) bond motifs is 1. The summed E-state index contributed by atoms with van der Waals surface area (Å²) >= 11 is 0. The minimum absolute atomic E-state index is 0.377. The number of carboxylic acids is 1. The maximum absolute atomic E-state index is 11.7. The zero-order valence-corrected chi connectivity index (χ0v) is 14.7. The molecule has 1 aromatic carbocycles. The average Bonchev–Trinajstić information content (AvgIpc) is 2.96. The number of benzene rings is 1. The number of nitrogens with zero attached hydrogens (tertiary/aromatic N) is 4. The van der Waals surface area contributed by atoms with E-state index in [1.54, 1.807) is 0 Å². The van der Waals surface area contributed by atoms with E-state index in [9.17, 15) is 9.90 Å². The largest absolute Gasteiger partial charge is 0.494 e. The van der Waals surface area contributed by atoms with E-state index >= 15 is 0 Å². The summed E-state index contributed by atoms with van der Waals surface area (Å²) in [6, 6.07) is 7.28. The molecular formula is C18H24N4O3. The molecule has 25 heavy (non-hydrogen) atoms. The molecule has 0 aliphatic carbocycles. The van der Waals surface area contributed by atoms with E-state index in [0.29, 0.717) is 19.6 Å². The van der Waals surface area contributed by atoms with Crippen molar-refractivity contribution >= 4 is 5.97 Å². The summed E-state index contributed by atoms with van der Waals surface area (Å²) in [5, 5.41) is 17.8. The predicted octanol–water partition coefficient (Wildman–Crippen LogP) is 2.23. The number of aromatic nitrogens is 3. The van der Waals surface area contributed by atoms with Crippen molar-refractivity contribution in [2.45, 2.75) is 52.4 Å². The smallest absolute Gasteiger partial charge is 0.322 e. The highest BCUT2D eigenvalue weighted by molar-refractivity contribution is 5.73. The van der Waals surface area contributed by atoms with Crippen molar-refractivity contribution in [3.8, 4) is 5.75 Å². The fourth-order valence-corrected chi connectivity index (χ4v) is 3.02. The van der Waals surface area contributed by atoms with Crippen LogP contribution in [-0.2, 0) is 24.4 Å². The zero-order valence-electron chi connectivity index (χ0n) is 14.7. The summed E-state index contributed by atoms with van der Waals surface area (Å²) in [6.07, 6.45) is 2.14. The van der Waals surface area contributed by atoms with Crippen LogP contribution in [0, 0.1) is 6.92 Å². The Morgan fingerprint density at radius 1 is 1.32 bits per heavy atom. The van der Waals surface area contributed by atoms with Gasteiger partial charge < -0.3 is 14.4 Å². The summed E-state index contributed by atoms with van der Waals surface area (Å²) in [5.74, 6) is 1.60. The quantitative estimate of drug-likeness (QED) is 0.776. The van der Waals surface area contributed by atoms with Gasteiger partial charge >= 0.3 is 5.97 Å². The Hall–Kier alpha value is -2.41.